The minimum atomic E-state index is -1.69. The van der Waals surface area contributed by atoms with Gasteiger partial charge in [-0.3, -0.25) is 0 Å². The summed E-state index contributed by atoms with van der Waals surface area (Å²) in [5, 5.41) is 0. The quantitative estimate of drug-likeness (QED) is 0.326. The van der Waals surface area contributed by atoms with Crippen molar-refractivity contribution in [2.45, 2.75) is 58.2 Å². The Hall–Kier alpha value is -1.01. The van der Waals surface area contributed by atoms with E-state index in [9.17, 15) is 4.79 Å². The first-order valence-electron chi connectivity index (χ1n) is 6.58. The Labute approximate surface area is 113 Å². The van der Waals surface area contributed by atoms with Gasteiger partial charge in [0.15, 0.2) is 6.61 Å². The van der Waals surface area contributed by atoms with Crippen molar-refractivity contribution in [3.05, 3.63) is 12.7 Å². The zero-order valence-electron chi connectivity index (χ0n) is 12.5. The Balaban J connectivity index is 4.96. The summed E-state index contributed by atoms with van der Waals surface area (Å²) in [6.07, 6.45) is 1.17. The third-order valence-electron chi connectivity index (χ3n) is 3.62. The van der Waals surface area contributed by atoms with Crippen LogP contribution in [0.25, 0.3) is 0 Å². The Bertz CT molecular complexity index is 323. The third kappa shape index (κ3) is 4.03. The summed E-state index contributed by atoms with van der Waals surface area (Å²) >= 11 is 0. The highest BCUT2D eigenvalue weighted by molar-refractivity contribution is 6.90. The first kappa shape index (κ1) is 17.0. The van der Waals surface area contributed by atoms with Gasteiger partial charge < -0.3 is 4.74 Å². The molecule has 0 unspecified atom stereocenters. The summed E-state index contributed by atoms with van der Waals surface area (Å²) in [6.45, 7) is 17.1. The Kier molecular flexibility index (Phi) is 7.01. The van der Waals surface area contributed by atoms with E-state index in [1.165, 1.54) is 6.08 Å². The predicted octanol–water partition coefficient (Wildman–Crippen LogP) is 3.94. The second-order valence-corrected chi connectivity index (χ2v) is 11.1. The third-order valence-corrected chi connectivity index (χ3v) is 9.97. The van der Waals surface area contributed by atoms with Gasteiger partial charge >= 0.3 is 5.97 Å². The average molecular weight is 266 g/mol. The highest BCUT2D eigenvalue weighted by Gasteiger charge is 2.41. The molecule has 0 aromatic heterocycles. The molecule has 0 N–H and O–H groups in total. The van der Waals surface area contributed by atoms with Crippen LogP contribution in [-0.4, -0.2) is 20.7 Å². The molecule has 0 aliphatic heterocycles. The van der Waals surface area contributed by atoms with E-state index in [-0.39, 0.29) is 6.61 Å². The molecule has 0 amide bonds. The molecule has 0 aromatic rings. The van der Waals surface area contributed by atoms with E-state index in [1.54, 1.807) is 0 Å². The smallest absolute Gasteiger partial charge is 0.331 e. The zero-order chi connectivity index (χ0) is 14.3. The van der Waals surface area contributed by atoms with Crippen molar-refractivity contribution in [2.75, 3.05) is 6.61 Å². The van der Waals surface area contributed by atoms with Gasteiger partial charge in [0.1, 0.15) is 8.07 Å². The van der Waals surface area contributed by atoms with Crippen LogP contribution in [0.4, 0.5) is 0 Å². The molecule has 102 valence electrons. The summed E-state index contributed by atoms with van der Waals surface area (Å²) in [5.41, 5.74) is 5.28. The van der Waals surface area contributed by atoms with Crippen molar-refractivity contribution in [3.8, 4) is 11.5 Å². The van der Waals surface area contributed by atoms with Crippen molar-refractivity contribution in [3.63, 3.8) is 0 Å². The fourth-order valence-electron chi connectivity index (χ4n) is 2.79. The van der Waals surface area contributed by atoms with Gasteiger partial charge in [0.25, 0.3) is 0 Å². The maximum atomic E-state index is 10.9. The topological polar surface area (TPSA) is 26.3 Å². The van der Waals surface area contributed by atoms with Gasteiger partial charge in [-0.1, -0.05) is 54.0 Å². The number of hydrogen-bond donors (Lipinski definition) is 0. The van der Waals surface area contributed by atoms with E-state index in [2.05, 4.69) is 59.6 Å². The van der Waals surface area contributed by atoms with Gasteiger partial charge in [-0.15, -0.1) is 5.54 Å². The molecule has 0 saturated carbocycles. The van der Waals surface area contributed by atoms with E-state index < -0.39 is 14.0 Å². The lowest BCUT2D eigenvalue weighted by molar-refractivity contribution is -0.136. The molecular weight excluding hydrogens is 240 g/mol. The summed E-state index contributed by atoms with van der Waals surface area (Å²) in [4.78, 5) is 10.9. The van der Waals surface area contributed by atoms with E-state index in [1.807, 2.05) is 0 Å². The van der Waals surface area contributed by atoms with Crippen LogP contribution >= 0.6 is 0 Å². The van der Waals surface area contributed by atoms with Crippen molar-refractivity contribution in [2.24, 2.45) is 0 Å². The van der Waals surface area contributed by atoms with Gasteiger partial charge in [-0.05, 0) is 16.6 Å². The van der Waals surface area contributed by atoms with Crippen molar-refractivity contribution >= 4 is 14.0 Å². The number of hydrogen-bond acceptors (Lipinski definition) is 2. The lowest BCUT2D eigenvalue weighted by Crippen LogP contribution is -2.43. The molecular formula is C15H26O2Si. The molecule has 0 bridgehead atoms. The summed E-state index contributed by atoms with van der Waals surface area (Å²) in [6, 6.07) is 0. The largest absolute Gasteiger partial charge is 0.449 e. The van der Waals surface area contributed by atoms with Crippen LogP contribution in [-0.2, 0) is 9.53 Å². The van der Waals surface area contributed by atoms with E-state index in [0.717, 1.165) is 0 Å². The molecule has 0 aliphatic carbocycles. The van der Waals surface area contributed by atoms with Crippen LogP contribution in [0.3, 0.4) is 0 Å². The van der Waals surface area contributed by atoms with Crippen LogP contribution in [0.5, 0.6) is 0 Å². The van der Waals surface area contributed by atoms with Crippen molar-refractivity contribution < 1.29 is 9.53 Å². The second-order valence-electron chi connectivity index (χ2n) is 5.51. The number of carbonyl (C=O) groups excluding carboxylic acids is 1. The fraction of sp³-hybridized carbons (Fsp3) is 0.667. The van der Waals surface area contributed by atoms with Gasteiger partial charge in [0, 0.05) is 6.08 Å². The number of rotatable bonds is 5. The first-order valence-corrected chi connectivity index (χ1v) is 8.81. The van der Waals surface area contributed by atoms with Gasteiger partial charge in [0.05, 0.1) is 0 Å². The molecule has 0 radical (unpaired) electrons. The number of esters is 1. The van der Waals surface area contributed by atoms with Crippen LogP contribution in [0.2, 0.25) is 16.6 Å². The predicted molar refractivity (Wildman–Crippen MR) is 80.0 cm³/mol. The van der Waals surface area contributed by atoms with E-state index in [4.69, 9.17) is 4.74 Å². The zero-order valence-corrected chi connectivity index (χ0v) is 13.5. The summed E-state index contributed by atoms with van der Waals surface area (Å²) in [7, 11) is -1.69. The fourth-order valence-corrected chi connectivity index (χ4v) is 8.03. The van der Waals surface area contributed by atoms with Crippen LogP contribution in [0, 0.1) is 11.5 Å². The minimum absolute atomic E-state index is 0.172. The monoisotopic (exact) mass is 266 g/mol. The van der Waals surface area contributed by atoms with Gasteiger partial charge in [-0.25, -0.2) is 4.79 Å². The van der Waals surface area contributed by atoms with E-state index in [0.29, 0.717) is 16.6 Å². The van der Waals surface area contributed by atoms with Crippen molar-refractivity contribution in [1.29, 1.82) is 0 Å². The molecule has 0 heterocycles. The van der Waals surface area contributed by atoms with Gasteiger partial charge in [-0.2, -0.15) is 0 Å². The van der Waals surface area contributed by atoms with Crippen LogP contribution in [0.15, 0.2) is 12.7 Å². The number of carbonyl (C=O) groups is 1. The van der Waals surface area contributed by atoms with Crippen molar-refractivity contribution in [1.82, 2.24) is 0 Å². The normalized spacial score (nSPS) is 11.4. The Morgan fingerprint density at radius 2 is 1.61 bits per heavy atom. The average Bonchev–Trinajstić information content (AvgIpc) is 2.27. The maximum absolute atomic E-state index is 10.9. The molecule has 18 heavy (non-hydrogen) atoms. The van der Waals surface area contributed by atoms with E-state index >= 15 is 0 Å². The van der Waals surface area contributed by atoms with Gasteiger partial charge in [0.2, 0.25) is 0 Å². The molecule has 0 saturated heterocycles. The summed E-state index contributed by atoms with van der Waals surface area (Å²) < 4.78 is 4.92. The second kappa shape index (κ2) is 7.43. The Morgan fingerprint density at radius 3 is 1.94 bits per heavy atom. The molecule has 0 aromatic carbocycles. The molecule has 0 rings (SSSR count). The Morgan fingerprint density at radius 1 is 1.17 bits per heavy atom. The highest BCUT2D eigenvalue weighted by atomic mass is 28.3. The number of ether oxygens (including phenoxy) is 1. The highest BCUT2D eigenvalue weighted by Crippen LogP contribution is 2.40. The maximum Gasteiger partial charge on any atom is 0.331 e. The standard InChI is InChI=1S/C15H26O2Si/c1-8-15(16)17-10-9-11-18(12(2)3,13(4)5)14(6)7/h8,12-14H,1,10H2,2-7H3. The minimum Gasteiger partial charge on any atom is -0.449 e. The summed E-state index contributed by atoms with van der Waals surface area (Å²) in [5.74, 6) is 2.65. The molecule has 0 spiro atoms. The molecule has 0 atom stereocenters. The molecule has 0 fully saturated rings. The SMILES string of the molecule is C=CC(=O)OCC#C[Si](C(C)C)(C(C)C)C(C)C. The van der Waals surface area contributed by atoms with Crippen LogP contribution < -0.4 is 0 Å². The first-order chi connectivity index (χ1) is 8.28. The molecule has 0 aliphatic rings. The van der Waals surface area contributed by atoms with Crippen LogP contribution in [0.1, 0.15) is 41.5 Å². The lowest BCUT2D eigenvalue weighted by atomic mass is 10.5. The lowest BCUT2D eigenvalue weighted by Gasteiger charge is -2.38. The molecule has 2 nitrogen and oxygen atoms in total. The molecule has 3 heteroatoms.